The molecular formula is C36H38FN5O2S. The lowest BCUT2D eigenvalue weighted by Gasteiger charge is -2.30. The minimum absolute atomic E-state index is 0.0551. The van der Waals surface area contributed by atoms with Gasteiger partial charge in [-0.15, -0.1) is 0 Å². The molecule has 1 unspecified atom stereocenters. The number of carbonyl (C=O) groups excluding carboxylic acids is 1. The van der Waals surface area contributed by atoms with Crippen molar-refractivity contribution in [1.29, 1.82) is 0 Å². The second-order valence-electron chi connectivity index (χ2n) is 12.1. The number of halogens is 1. The van der Waals surface area contributed by atoms with E-state index >= 15 is 0 Å². The van der Waals surface area contributed by atoms with Crippen LogP contribution in [0.4, 0.5) is 16.2 Å². The first kappa shape index (κ1) is 30.8. The molecule has 232 valence electrons. The molecule has 2 N–H and O–H groups in total. The summed E-state index contributed by atoms with van der Waals surface area (Å²) in [5, 5.41) is 7.79. The molecule has 0 saturated heterocycles. The third-order valence-electron chi connectivity index (χ3n) is 8.75. The molecule has 1 aromatic heterocycles. The number of nitrogens with zero attached hydrogens (tertiary/aromatic N) is 3. The number of para-hydroxylation sites is 1. The summed E-state index contributed by atoms with van der Waals surface area (Å²) in [4.78, 5) is 25.6. The van der Waals surface area contributed by atoms with E-state index in [4.69, 9.17) is 9.97 Å². The van der Waals surface area contributed by atoms with E-state index in [1.54, 1.807) is 12.3 Å². The Kier molecular flexibility index (Phi) is 8.92. The van der Waals surface area contributed by atoms with Gasteiger partial charge in [-0.25, -0.2) is 9.37 Å². The van der Waals surface area contributed by atoms with Gasteiger partial charge in [0.05, 0.1) is 11.9 Å². The highest BCUT2D eigenvalue weighted by Crippen LogP contribution is 2.44. The number of hydrogen-bond donors (Lipinski definition) is 2. The van der Waals surface area contributed by atoms with E-state index in [1.807, 2.05) is 80.5 Å². The predicted octanol–water partition coefficient (Wildman–Crippen LogP) is 6.83. The van der Waals surface area contributed by atoms with Crippen LogP contribution in [0.3, 0.4) is 0 Å². The Morgan fingerprint density at radius 3 is 2.42 bits per heavy atom. The molecule has 6 rings (SSSR count). The maximum atomic E-state index is 14.4. The second kappa shape index (κ2) is 13.0. The number of hydrogen-bond acceptors (Lipinski definition) is 6. The van der Waals surface area contributed by atoms with Crippen LogP contribution in [0, 0.1) is 5.82 Å². The van der Waals surface area contributed by atoms with Gasteiger partial charge in [0.15, 0.2) is 4.90 Å². The van der Waals surface area contributed by atoms with E-state index in [9.17, 15) is 13.7 Å². The number of benzene rings is 3. The van der Waals surface area contributed by atoms with Crippen molar-refractivity contribution < 1.29 is 13.7 Å². The van der Waals surface area contributed by atoms with Gasteiger partial charge in [0, 0.05) is 31.6 Å². The summed E-state index contributed by atoms with van der Waals surface area (Å²) in [5.41, 5.74) is 6.33. The third kappa shape index (κ3) is 6.74. The Morgan fingerprint density at radius 1 is 1.00 bits per heavy atom. The number of nitrogens with one attached hydrogen (secondary N) is 2. The number of rotatable bonds is 8. The van der Waals surface area contributed by atoms with Gasteiger partial charge in [0.2, 0.25) is 11.9 Å². The van der Waals surface area contributed by atoms with E-state index < -0.39 is 11.2 Å². The molecule has 1 saturated carbocycles. The maximum Gasteiger partial charge on any atom is 0.225 e. The maximum absolute atomic E-state index is 14.4. The number of aromatic nitrogens is 2. The Hall–Kier alpha value is -4.21. The number of amides is 1. The highest BCUT2D eigenvalue weighted by atomic mass is 32.2. The minimum atomic E-state index is -1.05. The molecule has 7 nitrogen and oxygen atoms in total. The van der Waals surface area contributed by atoms with Gasteiger partial charge < -0.3 is 20.1 Å². The van der Waals surface area contributed by atoms with Crippen molar-refractivity contribution in [2.75, 3.05) is 30.6 Å². The average molecular weight is 624 g/mol. The molecule has 1 amide bonds. The van der Waals surface area contributed by atoms with Crippen LogP contribution in [0.1, 0.15) is 55.7 Å². The van der Waals surface area contributed by atoms with Crippen LogP contribution in [-0.2, 0) is 16.0 Å². The van der Waals surface area contributed by atoms with Crippen LogP contribution < -0.4 is 15.5 Å². The molecular weight excluding hydrogens is 585 g/mol. The molecule has 1 fully saturated rings. The first-order valence-electron chi connectivity index (χ1n) is 15.3. The van der Waals surface area contributed by atoms with E-state index in [1.165, 1.54) is 12.1 Å². The molecule has 2 aliphatic carbocycles. The van der Waals surface area contributed by atoms with E-state index in [0.29, 0.717) is 5.95 Å². The summed E-state index contributed by atoms with van der Waals surface area (Å²) in [6.45, 7) is 2.00. The van der Waals surface area contributed by atoms with Crippen molar-refractivity contribution in [3.8, 4) is 0 Å². The summed E-state index contributed by atoms with van der Waals surface area (Å²) in [7, 11) is 3.97. The third-order valence-corrected chi connectivity index (χ3v) is 9.68. The van der Waals surface area contributed by atoms with Gasteiger partial charge in [0.1, 0.15) is 17.9 Å². The van der Waals surface area contributed by atoms with Crippen LogP contribution in [0.25, 0.3) is 28.1 Å². The van der Waals surface area contributed by atoms with E-state index in [-0.39, 0.29) is 30.2 Å². The zero-order valence-corrected chi connectivity index (χ0v) is 26.9. The van der Waals surface area contributed by atoms with Gasteiger partial charge in [-0.3, -0.25) is 4.79 Å². The smallest absolute Gasteiger partial charge is 0.225 e. The van der Waals surface area contributed by atoms with Gasteiger partial charge in [-0.1, -0.05) is 18.2 Å². The molecule has 0 radical (unpaired) electrons. The number of fused-ring (bicyclic) bond motifs is 2. The Labute approximate surface area is 266 Å². The molecule has 1 heterocycles. The van der Waals surface area contributed by atoms with Crippen molar-refractivity contribution in [1.82, 2.24) is 15.3 Å². The molecule has 0 spiro atoms. The molecule has 45 heavy (non-hydrogen) atoms. The number of allylic oxidation sites excluding steroid dienone is 2. The van der Waals surface area contributed by atoms with Gasteiger partial charge in [-0.2, -0.15) is 4.98 Å². The fourth-order valence-electron chi connectivity index (χ4n) is 6.37. The molecule has 3 aromatic carbocycles. The van der Waals surface area contributed by atoms with Crippen molar-refractivity contribution in [3.05, 3.63) is 94.8 Å². The Morgan fingerprint density at radius 2 is 1.71 bits per heavy atom. The first-order chi connectivity index (χ1) is 21.7. The second-order valence-corrected chi connectivity index (χ2v) is 13.5. The van der Waals surface area contributed by atoms with E-state index in [0.717, 1.165) is 80.7 Å². The summed E-state index contributed by atoms with van der Waals surface area (Å²) >= 11 is -1.05. The lowest BCUT2D eigenvalue weighted by Crippen LogP contribution is -2.40. The monoisotopic (exact) mass is 623 g/mol. The molecule has 1 atom stereocenters. The SMILES string of the molecule is CC1=C(CC(=O)N[C@H]2CC[C@@H](Nc3nc(N(C)C)c4ccccc4n3)CC2)c2cc(F)ccc2/C1=C/c1ccc([S+](C)[O-])cc1. The van der Waals surface area contributed by atoms with Crippen LogP contribution in [0.2, 0.25) is 0 Å². The standard InChI is InChI=1S/C36H38FN5O2S/c1-22-30(19-23-9-16-27(17-10-23)45(4)44)28-18-11-24(37)20-32(28)31(22)21-34(43)38-25-12-14-26(15-13-25)39-36-40-33-8-6-5-7-29(33)35(41-36)42(2)3/h5-11,16-20,25-26H,12-15,21H2,1-4H3,(H,38,43)(H,39,40,41)/b30-19+/t25-,26+,45?. The summed E-state index contributed by atoms with van der Waals surface area (Å²) < 4.78 is 26.2. The lowest BCUT2D eigenvalue weighted by molar-refractivity contribution is -0.121. The van der Waals surface area contributed by atoms with Crippen LogP contribution in [-0.4, -0.2) is 52.9 Å². The fraction of sp³-hybridized carbons (Fsp3) is 0.306. The fourth-order valence-corrected chi connectivity index (χ4v) is 6.89. The highest BCUT2D eigenvalue weighted by Gasteiger charge is 2.28. The van der Waals surface area contributed by atoms with Gasteiger partial charge >= 0.3 is 0 Å². The molecule has 4 aromatic rings. The van der Waals surface area contributed by atoms with E-state index in [2.05, 4.69) is 10.6 Å². The van der Waals surface area contributed by atoms with Gasteiger partial charge in [0.25, 0.3) is 0 Å². The molecule has 0 aliphatic heterocycles. The van der Waals surface area contributed by atoms with Crippen molar-refractivity contribution in [3.63, 3.8) is 0 Å². The molecule has 0 bridgehead atoms. The van der Waals surface area contributed by atoms with Crippen LogP contribution in [0.5, 0.6) is 0 Å². The average Bonchev–Trinajstić information content (AvgIpc) is 3.26. The van der Waals surface area contributed by atoms with Gasteiger partial charge in [-0.05, 0) is 132 Å². The summed E-state index contributed by atoms with van der Waals surface area (Å²) in [6, 6.07) is 20.7. The lowest BCUT2D eigenvalue weighted by atomic mass is 9.91. The number of anilines is 2. The molecule has 9 heteroatoms. The predicted molar refractivity (Wildman–Crippen MR) is 182 cm³/mol. The normalized spacial score (nSPS) is 19.5. The zero-order valence-electron chi connectivity index (χ0n) is 26.1. The number of carbonyl (C=O) groups is 1. The van der Waals surface area contributed by atoms with Crippen molar-refractivity contribution in [2.45, 2.75) is 56.0 Å². The Bertz CT molecular complexity index is 1790. The van der Waals surface area contributed by atoms with Crippen molar-refractivity contribution >= 4 is 57.0 Å². The highest BCUT2D eigenvalue weighted by molar-refractivity contribution is 7.90. The zero-order chi connectivity index (χ0) is 31.7. The molecule has 2 aliphatic rings. The van der Waals surface area contributed by atoms with Crippen LogP contribution >= 0.6 is 0 Å². The largest absolute Gasteiger partial charge is 0.612 e. The quantitative estimate of drug-likeness (QED) is 0.209. The summed E-state index contributed by atoms with van der Waals surface area (Å²) in [6.07, 6.45) is 7.38. The topological polar surface area (TPSA) is 93.2 Å². The minimum Gasteiger partial charge on any atom is -0.612 e. The Balaban J connectivity index is 1.11. The summed E-state index contributed by atoms with van der Waals surface area (Å²) in [5.74, 6) is 1.13. The van der Waals surface area contributed by atoms with Crippen LogP contribution in [0.15, 0.2) is 77.2 Å². The van der Waals surface area contributed by atoms with Crippen molar-refractivity contribution in [2.24, 2.45) is 0 Å². The first-order valence-corrected chi connectivity index (χ1v) is 16.9.